The number of nitrogens with two attached hydrogens (primary N) is 4. The van der Waals surface area contributed by atoms with E-state index in [0.717, 1.165) is 5.56 Å². The van der Waals surface area contributed by atoms with Crippen LogP contribution in [0.4, 0.5) is 11.6 Å². The van der Waals surface area contributed by atoms with Gasteiger partial charge >= 0.3 is 0 Å². The summed E-state index contributed by atoms with van der Waals surface area (Å²) in [4.78, 5) is 32.2. The molecule has 3 aromatic rings. The third-order valence-corrected chi connectivity index (χ3v) is 6.09. The molecular formula is C25H29N7O5. The van der Waals surface area contributed by atoms with Gasteiger partial charge in [0.2, 0.25) is 17.8 Å². The van der Waals surface area contributed by atoms with E-state index in [0.29, 0.717) is 59.0 Å². The van der Waals surface area contributed by atoms with Crippen LogP contribution >= 0.6 is 0 Å². The number of methoxy groups -OCH3 is 1. The maximum absolute atomic E-state index is 11.8. The normalized spacial score (nSPS) is 14.6. The number of nitrogen functional groups attached to an aromatic ring is 1. The molecule has 9 N–H and O–H groups in total. The molecule has 2 heterocycles. The number of amidine groups is 1. The molecule has 0 saturated heterocycles. The summed E-state index contributed by atoms with van der Waals surface area (Å²) in [7, 11) is 1.51. The molecule has 0 radical (unpaired) electrons. The smallest absolute Gasteiger partial charge is 0.248 e. The molecule has 1 unspecified atom stereocenters. The molecule has 194 valence electrons. The number of fused-ring (bicyclic) bond motifs is 2. The number of primary amides is 2. The number of aromatic nitrogens is 2. The molecule has 12 heteroatoms. The number of carbonyl (C=O) groups excluding carboxylic acids is 2. The Morgan fingerprint density at radius 1 is 1.08 bits per heavy atom. The molecule has 1 aromatic heterocycles. The summed E-state index contributed by atoms with van der Waals surface area (Å²) in [5.41, 5.74) is 26.2. The molecule has 1 aliphatic rings. The Balaban J connectivity index is 1.59. The maximum atomic E-state index is 11.8. The largest absolute Gasteiger partial charge is 0.496 e. The van der Waals surface area contributed by atoms with Crippen LogP contribution in [0.25, 0.3) is 11.0 Å². The van der Waals surface area contributed by atoms with Gasteiger partial charge in [0.25, 0.3) is 0 Å². The third kappa shape index (κ3) is 5.05. The highest BCUT2D eigenvalue weighted by atomic mass is 16.5. The Morgan fingerprint density at radius 2 is 1.78 bits per heavy atom. The van der Waals surface area contributed by atoms with Gasteiger partial charge in [0.1, 0.15) is 22.9 Å². The number of rotatable bonds is 11. The van der Waals surface area contributed by atoms with Gasteiger partial charge in [-0.25, -0.2) is 9.98 Å². The second kappa shape index (κ2) is 10.6. The molecule has 1 aliphatic heterocycles. The van der Waals surface area contributed by atoms with Crippen LogP contribution < -0.4 is 32.4 Å². The topological polar surface area (TPSA) is 207 Å². The first-order chi connectivity index (χ1) is 17.7. The Bertz CT molecular complexity index is 1430. The van der Waals surface area contributed by atoms with Gasteiger partial charge < -0.3 is 42.1 Å². The van der Waals surface area contributed by atoms with Crippen LogP contribution in [0.2, 0.25) is 0 Å². The zero-order valence-electron chi connectivity index (χ0n) is 20.3. The summed E-state index contributed by atoms with van der Waals surface area (Å²) >= 11 is 0. The number of nitrogens with zero attached hydrogens (tertiary/aromatic N) is 3. The number of anilines is 1. The lowest BCUT2D eigenvalue weighted by Gasteiger charge is -2.15. The van der Waals surface area contributed by atoms with Crippen molar-refractivity contribution in [1.82, 2.24) is 9.55 Å². The van der Waals surface area contributed by atoms with Crippen molar-refractivity contribution in [3.8, 4) is 11.5 Å². The minimum absolute atomic E-state index is 0.0336. The SMILES string of the molecule is COc1cc(C(N)=O)cc2c1C(C/C=C/Cn1c(N)nc3cc(C(N)=O)cc(OCCCO)c31)C(N)=N2. The molecular weight excluding hydrogens is 478 g/mol. The summed E-state index contributed by atoms with van der Waals surface area (Å²) in [6.07, 6.45) is 4.79. The molecule has 0 bridgehead atoms. The summed E-state index contributed by atoms with van der Waals surface area (Å²) in [6.45, 7) is 0.574. The Labute approximate surface area is 212 Å². The number of aliphatic imine (C=N–C) groups is 1. The van der Waals surface area contributed by atoms with Crippen molar-refractivity contribution in [3.05, 3.63) is 53.1 Å². The second-order valence-corrected chi connectivity index (χ2v) is 8.48. The predicted octanol–water partition coefficient (Wildman–Crippen LogP) is 1.32. The number of aliphatic hydroxyl groups excluding tert-OH is 1. The molecule has 0 spiro atoms. The van der Waals surface area contributed by atoms with E-state index in [2.05, 4.69) is 9.98 Å². The van der Waals surface area contributed by atoms with Gasteiger partial charge in [-0.2, -0.15) is 0 Å². The first-order valence-electron chi connectivity index (χ1n) is 11.6. The van der Waals surface area contributed by atoms with Crippen LogP contribution in [0.1, 0.15) is 45.0 Å². The van der Waals surface area contributed by atoms with E-state index in [9.17, 15) is 9.59 Å². The first-order valence-corrected chi connectivity index (χ1v) is 11.6. The molecule has 0 aliphatic carbocycles. The van der Waals surface area contributed by atoms with E-state index in [1.54, 1.807) is 28.8 Å². The second-order valence-electron chi connectivity index (χ2n) is 8.48. The van der Waals surface area contributed by atoms with E-state index >= 15 is 0 Å². The first kappa shape index (κ1) is 25.5. The number of ether oxygens (including phenoxy) is 2. The van der Waals surface area contributed by atoms with Crippen molar-refractivity contribution in [1.29, 1.82) is 0 Å². The fourth-order valence-electron chi connectivity index (χ4n) is 4.31. The highest BCUT2D eigenvalue weighted by molar-refractivity contribution is 6.00. The number of benzene rings is 2. The minimum Gasteiger partial charge on any atom is -0.496 e. The van der Waals surface area contributed by atoms with E-state index in [1.807, 2.05) is 12.2 Å². The van der Waals surface area contributed by atoms with E-state index < -0.39 is 11.8 Å². The van der Waals surface area contributed by atoms with Gasteiger partial charge in [-0.15, -0.1) is 0 Å². The number of amides is 2. The molecule has 2 amide bonds. The number of carbonyl (C=O) groups is 2. The van der Waals surface area contributed by atoms with Crippen LogP contribution in [-0.4, -0.2) is 52.6 Å². The van der Waals surface area contributed by atoms with Crippen LogP contribution in [0, 0.1) is 0 Å². The lowest BCUT2D eigenvalue weighted by atomic mass is 9.93. The predicted molar refractivity (Wildman–Crippen MR) is 139 cm³/mol. The summed E-state index contributed by atoms with van der Waals surface area (Å²) in [6, 6.07) is 6.30. The monoisotopic (exact) mass is 507 g/mol. The molecule has 1 atom stereocenters. The van der Waals surface area contributed by atoms with Crippen molar-refractivity contribution in [2.24, 2.45) is 22.2 Å². The summed E-state index contributed by atoms with van der Waals surface area (Å²) in [5, 5.41) is 9.10. The minimum atomic E-state index is -0.614. The lowest BCUT2D eigenvalue weighted by Crippen LogP contribution is -2.18. The van der Waals surface area contributed by atoms with Gasteiger partial charge in [-0.3, -0.25) is 9.59 Å². The zero-order chi connectivity index (χ0) is 26.7. The van der Waals surface area contributed by atoms with E-state index in [1.165, 1.54) is 7.11 Å². The average molecular weight is 508 g/mol. The highest BCUT2D eigenvalue weighted by Crippen LogP contribution is 2.43. The van der Waals surface area contributed by atoms with Gasteiger partial charge in [0.15, 0.2) is 0 Å². The van der Waals surface area contributed by atoms with Gasteiger partial charge in [0.05, 0.1) is 30.8 Å². The third-order valence-electron chi connectivity index (χ3n) is 6.09. The molecule has 0 fully saturated rings. The average Bonchev–Trinajstić information content (AvgIpc) is 3.36. The lowest BCUT2D eigenvalue weighted by molar-refractivity contribution is 0.0991. The standard InChI is InChI=1S/C25H29N7O5/c1-36-18-11-13(23(27)34)9-16-20(18)15(22(26)30-16)5-2-3-6-32-21-17(31-25(32)29)10-14(24(28)35)12-19(21)37-8-4-7-33/h2-3,9-12,15,33H,4-8H2,1H3,(H2,26,30)(H2,27,34)(H2,28,35)(H2,29,31)/b3-2+. The highest BCUT2D eigenvalue weighted by Gasteiger charge is 2.29. The van der Waals surface area contributed by atoms with Crippen LogP contribution in [0.5, 0.6) is 11.5 Å². The summed E-state index contributed by atoms with van der Waals surface area (Å²) in [5.74, 6) is 0.104. The van der Waals surface area contributed by atoms with Gasteiger partial charge in [0, 0.05) is 36.3 Å². The van der Waals surface area contributed by atoms with Crippen LogP contribution in [0.15, 0.2) is 41.4 Å². The van der Waals surface area contributed by atoms with E-state index in [4.69, 9.17) is 37.5 Å². The molecule has 2 aromatic carbocycles. The Kier molecular flexibility index (Phi) is 7.30. The quantitative estimate of drug-likeness (QED) is 0.188. The maximum Gasteiger partial charge on any atom is 0.248 e. The van der Waals surface area contributed by atoms with Crippen molar-refractivity contribution in [2.75, 3.05) is 26.1 Å². The van der Waals surface area contributed by atoms with Crippen LogP contribution in [0.3, 0.4) is 0 Å². The van der Waals surface area contributed by atoms with Crippen molar-refractivity contribution >= 4 is 40.3 Å². The van der Waals surface area contributed by atoms with Crippen molar-refractivity contribution < 1.29 is 24.2 Å². The number of imidazole rings is 1. The van der Waals surface area contributed by atoms with Crippen molar-refractivity contribution in [2.45, 2.75) is 25.3 Å². The Hall–Kier alpha value is -4.58. The fourth-order valence-corrected chi connectivity index (χ4v) is 4.31. The molecule has 0 saturated carbocycles. The molecule has 37 heavy (non-hydrogen) atoms. The van der Waals surface area contributed by atoms with E-state index in [-0.39, 0.29) is 30.6 Å². The summed E-state index contributed by atoms with van der Waals surface area (Å²) < 4.78 is 13.0. The fraction of sp³-hybridized carbons (Fsp3) is 0.280. The van der Waals surface area contributed by atoms with Crippen molar-refractivity contribution in [3.63, 3.8) is 0 Å². The number of hydrogen-bond acceptors (Lipinski definition) is 9. The van der Waals surface area contributed by atoms with Gasteiger partial charge in [-0.1, -0.05) is 12.2 Å². The van der Waals surface area contributed by atoms with Gasteiger partial charge in [-0.05, 0) is 30.7 Å². The number of allylic oxidation sites excluding steroid dienone is 2. The Morgan fingerprint density at radius 3 is 2.46 bits per heavy atom. The number of aliphatic hydroxyl groups is 1. The molecule has 12 nitrogen and oxygen atoms in total. The zero-order valence-corrected chi connectivity index (χ0v) is 20.3. The van der Waals surface area contributed by atoms with Crippen LogP contribution in [-0.2, 0) is 6.54 Å². The molecule has 4 rings (SSSR count). The number of hydrogen-bond donors (Lipinski definition) is 5.